The van der Waals surface area contributed by atoms with E-state index in [4.69, 9.17) is 0 Å². The van der Waals surface area contributed by atoms with E-state index >= 15 is 0 Å². The third-order valence-electron chi connectivity index (χ3n) is 5.38. The lowest BCUT2D eigenvalue weighted by Gasteiger charge is -2.32. The van der Waals surface area contributed by atoms with Crippen molar-refractivity contribution >= 4 is 28.4 Å². The highest BCUT2D eigenvalue weighted by Gasteiger charge is 2.25. The number of H-pyrrole nitrogens is 1. The second kappa shape index (κ2) is 8.45. The van der Waals surface area contributed by atoms with Crippen molar-refractivity contribution in [1.29, 1.82) is 0 Å². The second-order valence-corrected chi connectivity index (χ2v) is 7.40. The average molecular weight is 395 g/mol. The molecule has 0 spiro atoms. The number of hydrogen-bond acceptors (Lipinski definition) is 2. The van der Waals surface area contributed by atoms with Crippen molar-refractivity contribution in [1.82, 2.24) is 9.88 Å². The van der Waals surface area contributed by atoms with E-state index in [0.717, 1.165) is 34.5 Å². The number of aromatic nitrogens is 1. The molecular formula is C22H24FN4O2+. The number of piperazine rings is 1. The summed E-state index contributed by atoms with van der Waals surface area (Å²) in [4.78, 5) is 31.1. The fraction of sp³-hybridized carbons (Fsp3) is 0.273. The minimum atomic E-state index is -0.331. The van der Waals surface area contributed by atoms with Gasteiger partial charge in [0.2, 0.25) is 5.91 Å². The molecule has 0 radical (unpaired) electrons. The highest BCUT2D eigenvalue weighted by atomic mass is 19.1. The van der Waals surface area contributed by atoms with Crippen molar-refractivity contribution in [2.24, 2.45) is 0 Å². The summed E-state index contributed by atoms with van der Waals surface area (Å²) in [5.41, 5.74) is 2.64. The van der Waals surface area contributed by atoms with Gasteiger partial charge in [0.05, 0.1) is 32.6 Å². The fourth-order valence-corrected chi connectivity index (χ4v) is 3.77. The maximum Gasteiger partial charge on any atom is 0.279 e. The number of para-hydroxylation sites is 1. The number of benzene rings is 2. The van der Waals surface area contributed by atoms with Crippen molar-refractivity contribution in [3.8, 4) is 0 Å². The van der Waals surface area contributed by atoms with Crippen LogP contribution in [-0.4, -0.2) is 54.4 Å². The topological polar surface area (TPSA) is 69.6 Å². The first-order chi connectivity index (χ1) is 14.1. The lowest BCUT2D eigenvalue weighted by molar-refractivity contribution is -0.895. The summed E-state index contributed by atoms with van der Waals surface area (Å²) in [6, 6.07) is 13.7. The highest BCUT2D eigenvalue weighted by Crippen LogP contribution is 2.18. The predicted molar refractivity (Wildman–Crippen MR) is 109 cm³/mol. The Kier molecular flexibility index (Phi) is 5.57. The average Bonchev–Trinajstić information content (AvgIpc) is 3.13. The molecule has 1 aromatic heterocycles. The first-order valence-electron chi connectivity index (χ1n) is 9.80. The van der Waals surface area contributed by atoms with Gasteiger partial charge in [0.1, 0.15) is 5.82 Å². The minimum absolute atomic E-state index is 0.106. The third-order valence-corrected chi connectivity index (χ3v) is 5.38. The number of amides is 2. The van der Waals surface area contributed by atoms with Gasteiger partial charge < -0.3 is 20.1 Å². The first kappa shape index (κ1) is 19.1. The molecule has 0 unspecified atom stereocenters. The number of quaternary nitrogens is 1. The van der Waals surface area contributed by atoms with Gasteiger partial charge in [-0.2, -0.15) is 0 Å². The molecule has 7 heteroatoms. The van der Waals surface area contributed by atoms with E-state index in [2.05, 4.69) is 10.3 Å². The van der Waals surface area contributed by atoms with Crippen LogP contribution in [-0.2, 0) is 16.0 Å². The molecule has 29 heavy (non-hydrogen) atoms. The smallest absolute Gasteiger partial charge is 0.279 e. The summed E-state index contributed by atoms with van der Waals surface area (Å²) in [6.45, 7) is 3.08. The molecule has 2 amide bonds. The zero-order valence-corrected chi connectivity index (χ0v) is 16.1. The molecule has 1 fully saturated rings. The number of carbonyl (C=O) groups excluding carboxylic acids is 2. The van der Waals surface area contributed by atoms with Crippen molar-refractivity contribution in [2.75, 3.05) is 38.0 Å². The molecule has 1 saturated heterocycles. The molecule has 1 aliphatic rings. The molecule has 3 aromatic rings. The zero-order chi connectivity index (χ0) is 20.2. The molecule has 0 bridgehead atoms. The normalized spacial score (nSPS) is 14.9. The largest absolute Gasteiger partial charge is 0.361 e. The van der Waals surface area contributed by atoms with Crippen molar-refractivity contribution < 1.29 is 18.9 Å². The Hall–Kier alpha value is -3.19. The molecule has 150 valence electrons. The molecule has 0 saturated carbocycles. The SMILES string of the molecule is O=C(C[NH+]1CCN(C(=O)Cc2c[nH]c3ccccc23)CC1)Nc1ccc(F)cc1. The highest BCUT2D eigenvalue weighted by molar-refractivity contribution is 5.91. The van der Waals surface area contributed by atoms with Crippen LogP contribution in [0.1, 0.15) is 5.56 Å². The second-order valence-electron chi connectivity index (χ2n) is 7.40. The number of halogens is 1. The number of anilines is 1. The Labute approximate surface area is 168 Å². The van der Waals surface area contributed by atoms with Crippen molar-refractivity contribution in [3.05, 3.63) is 66.1 Å². The van der Waals surface area contributed by atoms with Gasteiger partial charge in [0.15, 0.2) is 6.54 Å². The Bertz CT molecular complexity index is 1010. The molecule has 0 atom stereocenters. The quantitative estimate of drug-likeness (QED) is 0.608. The van der Waals surface area contributed by atoms with Gasteiger partial charge in [-0.25, -0.2) is 4.39 Å². The van der Waals surface area contributed by atoms with Gasteiger partial charge in [-0.3, -0.25) is 9.59 Å². The van der Waals surface area contributed by atoms with Crippen molar-refractivity contribution in [3.63, 3.8) is 0 Å². The van der Waals surface area contributed by atoms with Gasteiger partial charge in [0.25, 0.3) is 5.91 Å². The van der Waals surface area contributed by atoms with Gasteiger partial charge in [-0.15, -0.1) is 0 Å². The number of rotatable bonds is 5. The summed E-state index contributed by atoms with van der Waals surface area (Å²) in [5.74, 6) is -0.322. The maximum atomic E-state index is 12.9. The Balaban J connectivity index is 1.26. The van der Waals surface area contributed by atoms with E-state index in [-0.39, 0.29) is 17.6 Å². The molecule has 1 aliphatic heterocycles. The van der Waals surface area contributed by atoms with Crippen LogP contribution in [0.5, 0.6) is 0 Å². The van der Waals surface area contributed by atoms with Crippen LogP contribution in [0.25, 0.3) is 10.9 Å². The monoisotopic (exact) mass is 395 g/mol. The van der Waals surface area contributed by atoms with E-state index in [1.807, 2.05) is 35.4 Å². The van der Waals surface area contributed by atoms with E-state index < -0.39 is 0 Å². The van der Waals surface area contributed by atoms with E-state index in [1.165, 1.54) is 12.1 Å². The third kappa shape index (κ3) is 4.63. The Morgan fingerprint density at radius 2 is 1.79 bits per heavy atom. The van der Waals surface area contributed by atoms with Crippen LogP contribution in [0.15, 0.2) is 54.7 Å². The van der Waals surface area contributed by atoms with Crippen LogP contribution in [0, 0.1) is 5.82 Å². The molecule has 4 rings (SSSR count). The van der Waals surface area contributed by atoms with Crippen LogP contribution in [0.2, 0.25) is 0 Å². The fourth-order valence-electron chi connectivity index (χ4n) is 3.77. The summed E-state index contributed by atoms with van der Waals surface area (Å²) in [6.07, 6.45) is 2.29. The molecule has 2 aromatic carbocycles. The number of nitrogens with one attached hydrogen (secondary N) is 3. The van der Waals surface area contributed by atoms with Gasteiger partial charge in [0, 0.05) is 22.8 Å². The molecule has 2 heterocycles. The lowest BCUT2D eigenvalue weighted by Crippen LogP contribution is -3.15. The standard InChI is InChI=1S/C22H23FN4O2/c23-17-5-7-18(8-6-17)25-21(28)15-26-9-11-27(12-10-26)22(29)13-16-14-24-20-4-2-1-3-19(16)20/h1-8,14,24H,9-13,15H2,(H,25,28)/p+1. The number of carbonyl (C=O) groups is 2. The van der Waals surface area contributed by atoms with Crippen LogP contribution < -0.4 is 10.2 Å². The maximum absolute atomic E-state index is 12.9. The summed E-state index contributed by atoms with van der Waals surface area (Å²) in [5, 5.41) is 3.87. The van der Waals surface area contributed by atoms with E-state index in [9.17, 15) is 14.0 Å². The van der Waals surface area contributed by atoms with Gasteiger partial charge in [-0.1, -0.05) is 18.2 Å². The first-order valence-corrected chi connectivity index (χ1v) is 9.80. The summed E-state index contributed by atoms with van der Waals surface area (Å²) < 4.78 is 12.9. The molecule has 0 aliphatic carbocycles. The summed E-state index contributed by atoms with van der Waals surface area (Å²) >= 11 is 0. The van der Waals surface area contributed by atoms with Crippen LogP contribution >= 0.6 is 0 Å². The van der Waals surface area contributed by atoms with Crippen LogP contribution in [0.3, 0.4) is 0 Å². The van der Waals surface area contributed by atoms with Gasteiger partial charge >= 0.3 is 0 Å². The molecule has 6 nitrogen and oxygen atoms in total. The number of fused-ring (bicyclic) bond motifs is 1. The summed E-state index contributed by atoms with van der Waals surface area (Å²) in [7, 11) is 0. The lowest BCUT2D eigenvalue weighted by atomic mass is 10.1. The molecular weight excluding hydrogens is 371 g/mol. The Morgan fingerprint density at radius 3 is 2.55 bits per heavy atom. The predicted octanol–water partition coefficient (Wildman–Crippen LogP) is 1.22. The van der Waals surface area contributed by atoms with Crippen LogP contribution in [0.4, 0.5) is 10.1 Å². The van der Waals surface area contributed by atoms with E-state index in [1.54, 1.807) is 12.1 Å². The number of aromatic amines is 1. The zero-order valence-electron chi connectivity index (χ0n) is 16.1. The van der Waals surface area contributed by atoms with Gasteiger partial charge in [-0.05, 0) is 35.9 Å². The number of nitrogens with zero attached hydrogens (tertiary/aromatic N) is 1. The molecule has 3 N–H and O–H groups in total. The van der Waals surface area contributed by atoms with E-state index in [0.29, 0.717) is 31.7 Å². The minimum Gasteiger partial charge on any atom is -0.361 e. The van der Waals surface area contributed by atoms with Crippen molar-refractivity contribution in [2.45, 2.75) is 6.42 Å². The number of hydrogen-bond donors (Lipinski definition) is 3. The Morgan fingerprint density at radius 1 is 1.07 bits per heavy atom.